The molecule has 3 heterocycles. The summed E-state index contributed by atoms with van der Waals surface area (Å²) in [6.07, 6.45) is -1.27. The van der Waals surface area contributed by atoms with Gasteiger partial charge < -0.3 is 30.4 Å². The van der Waals surface area contributed by atoms with Gasteiger partial charge in [-0.3, -0.25) is 0 Å². The van der Waals surface area contributed by atoms with Gasteiger partial charge in [-0.25, -0.2) is 9.97 Å². The van der Waals surface area contributed by atoms with Crippen molar-refractivity contribution >= 4 is 16.9 Å². The Labute approximate surface area is 120 Å². The molecule has 0 aliphatic carbocycles. The highest BCUT2D eigenvalue weighted by atomic mass is 16.6. The highest BCUT2D eigenvalue weighted by Gasteiger charge is 2.53. The second-order valence-electron chi connectivity index (χ2n) is 5.50. The minimum atomic E-state index is -1.56. The first kappa shape index (κ1) is 14.2. The van der Waals surface area contributed by atoms with Gasteiger partial charge in [0.25, 0.3) is 0 Å². The number of aliphatic hydroxyl groups is 3. The number of rotatable bonds is 2. The van der Waals surface area contributed by atoms with Gasteiger partial charge in [0.1, 0.15) is 35.1 Å². The lowest BCUT2D eigenvalue weighted by Crippen LogP contribution is -2.44. The minimum Gasteiger partial charge on any atom is -0.394 e. The van der Waals surface area contributed by atoms with Crippen molar-refractivity contribution < 1.29 is 20.1 Å². The molecule has 0 saturated carbocycles. The van der Waals surface area contributed by atoms with Gasteiger partial charge in [-0.05, 0) is 19.9 Å². The fraction of sp³-hybridized carbons (Fsp3) is 0.538. The van der Waals surface area contributed by atoms with E-state index in [2.05, 4.69) is 9.97 Å². The molecule has 114 valence electrons. The van der Waals surface area contributed by atoms with Crippen LogP contribution in [0.3, 0.4) is 0 Å². The number of hydrogen-bond donors (Lipinski definition) is 4. The van der Waals surface area contributed by atoms with E-state index in [-0.39, 0.29) is 6.61 Å². The molecule has 0 unspecified atom stereocenters. The number of nitrogen functional groups attached to an aromatic ring is 1. The molecule has 1 aliphatic rings. The van der Waals surface area contributed by atoms with E-state index in [4.69, 9.17) is 10.5 Å². The van der Waals surface area contributed by atoms with E-state index in [1.807, 2.05) is 0 Å². The lowest BCUT2D eigenvalue weighted by Gasteiger charge is -2.27. The predicted octanol–water partition coefficient (Wildman–Crippen LogP) is -0.676. The number of nitrogens with zero attached hydrogens (tertiary/aromatic N) is 3. The van der Waals surface area contributed by atoms with Crippen LogP contribution in [0.15, 0.2) is 12.3 Å². The second kappa shape index (κ2) is 4.63. The van der Waals surface area contributed by atoms with Crippen LogP contribution in [-0.2, 0) is 4.74 Å². The second-order valence-corrected chi connectivity index (χ2v) is 5.50. The summed E-state index contributed by atoms with van der Waals surface area (Å²) in [5, 5.41) is 30.4. The van der Waals surface area contributed by atoms with E-state index >= 15 is 0 Å². The third kappa shape index (κ3) is 1.99. The van der Waals surface area contributed by atoms with Gasteiger partial charge in [-0.15, -0.1) is 0 Å². The average molecular weight is 294 g/mol. The maximum atomic E-state index is 10.5. The van der Waals surface area contributed by atoms with E-state index < -0.39 is 24.0 Å². The Kier molecular flexibility index (Phi) is 3.14. The van der Waals surface area contributed by atoms with Crippen molar-refractivity contribution in [1.29, 1.82) is 0 Å². The first-order valence-corrected chi connectivity index (χ1v) is 6.63. The van der Waals surface area contributed by atoms with Crippen LogP contribution in [0.1, 0.15) is 19.0 Å². The molecule has 1 aliphatic heterocycles. The van der Waals surface area contributed by atoms with Crippen molar-refractivity contribution in [2.75, 3.05) is 12.3 Å². The molecule has 4 atom stereocenters. The number of ether oxygens (including phenoxy) is 1. The summed E-state index contributed by atoms with van der Waals surface area (Å²) in [4.78, 5) is 8.40. The summed E-state index contributed by atoms with van der Waals surface area (Å²) in [6.45, 7) is 2.79. The summed E-state index contributed by atoms with van der Waals surface area (Å²) >= 11 is 0. The first-order valence-electron chi connectivity index (χ1n) is 6.63. The smallest absolute Gasteiger partial charge is 0.167 e. The third-order valence-corrected chi connectivity index (χ3v) is 3.90. The molecule has 0 aromatic carbocycles. The Morgan fingerprint density at radius 3 is 2.81 bits per heavy atom. The van der Waals surface area contributed by atoms with Gasteiger partial charge in [0.05, 0.1) is 12.0 Å². The number of aromatic nitrogens is 3. The van der Waals surface area contributed by atoms with Gasteiger partial charge in [0.2, 0.25) is 0 Å². The summed E-state index contributed by atoms with van der Waals surface area (Å²) in [5.41, 5.74) is 4.81. The van der Waals surface area contributed by atoms with Gasteiger partial charge in [-0.2, -0.15) is 0 Å². The highest BCUT2D eigenvalue weighted by molar-refractivity contribution is 5.86. The van der Waals surface area contributed by atoms with E-state index in [1.54, 1.807) is 23.8 Å². The molecular formula is C13H18N4O4. The molecule has 8 heteroatoms. The molecule has 2 aromatic rings. The fourth-order valence-corrected chi connectivity index (χ4v) is 2.75. The zero-order valence-electron chi connectivity index (χ0n) is 11.8. The Morgan fingerprint density at radius 1 is 1.48 bits per heavy atom. The quantitative estimate of drug-likeness (QED) is 0.578. The Hall–Kier alpha value is -1.74. The molecule has 8 nitrogen and oxygen atoms in total. The van der Waals surface area contributed by atoms with Crippen molar-refractivity contribution in [1.82, 2.24) is 14.5 Å². The van der Waals surface area contributed by atoms with E-state index in [0.29, 0.717) is 22.7 Å². The summed E-state index contributed by atoms with van der Waals surface area (Å²) in [7, 11) is 0. The number of fused-ring (bicyclic) bond motifs is 1. The standard InChI is InChI=1S/C13H18N4O4/c1-6-15-10(14)7-3-4-17(11(7)16-6)12-13(2,20)9(19)8(5-18)21-12/h3-4,8-9,12,18-20H,5H2,1-2H3,(H2,14,15,16)/t8-,9-,12-,13-/m1/s1. The molecule has 0 spiro atoms. The lowest BCUT2D eigenvalue weighted by molar-refractivity contribution is -0.0948. The largest absolute Gasteiger partial charge is 0.394 e. The van der Waals surface area contributed by atoms with Gasteiger partial charge in [-0.1, -0.05) is 0 Å². The number of aliphatic hydroxyl groups excluding tert-OH is 2. The number of nitrogens with two attached hydrogens (primary N) is 1. The first-order chi connectivity index (χ1) is 9.86. The molecule has 0 radical (unpaired) electrons. The Balaban J connectivity index is 2.13. The predicted molar refractivity (Wildman–Crippen MR) is 74.3 cm³/mol. The van der Waals surface area contributed by atoms with Gasteiger partial charge >= 0.3 is 0 Å². The van der Waals surface area contributed by atoms with Gasteiger partial charge in [0, 0.05) is 6.20 Å². The van der Waals surface area contributed by atoms with Crippen molar-refractivity contribution in [3.63, 3.8) is 0 Å². The number of aryl methyl sites for hydroxylation is 1. The minimum absolute atomic E-state index is 0.341. The fourth-order valence-electron chi connectivity index (χ4n) is 2.75. The molecule has 3 rings (SSSR count). The maximum Gasteiger partial charge on any atom is 0.167 e. The number of hydrogen-bond acceptors (Lipinski definition) is 7. The topological polar surface area (TPSA) is 127 Å². The molecule has 2 aromatic heterocycles. The van der Waals surface area contributed by atoms with Gasteiger partial charge in [0.15, 0.2) is 6.23 Å². The third-order valence-electron chi connectivity index (χ3n) is 3.90. The van der Waals surface area contributed by atoms with Crippen LogP contribution in [0.25, 0.3) is 11.0 Å². The number of anilines is 1. The molecule has 1 saturated heterocycles. The SMILES string of the molecule is Cc1nc(N)c2ccn([C@@H]3O[C@H](CO)[C@@H](O)[C@@]3(C)O)c2n1. The molecular weight excluding hydrogens is 276 g/mol. The molecule has 0 amide bonds. The average Bonchev–Trinajstić information content (AvgIpc) is 2.91. The monoisotopic (exact) mass is 294 g/mol. The zero-order chi connectivity index (χ0) is 15.4. The Bertz CT molecular complexity index is 684. The van der Waals surface area contributed by atoms with Crippen molar-refractivity contribution in [3.05, 3.63) is 18.1 Å². The van der Waals surface area contributed by atoms with Crippen LogP contribution in [0.4, 0.5) is 5.82 Å². The summed E-state index contributed by atoms with van der Waals surface area (Å²) in [6, 6.07) is 1.72. The van der Waals surface area contributed by atoms with Crippen molar-refractivity contribution in [3.8, 4) is 0 Å². The van der Waals surface area contributed by atoms with E-state index in [9.17, 15) is 15.3 Å². The van der Waals surface area contributed by atoms with Crippen molar-refractivity contribution in [2.45, 2.75) is 37.9 Å². The molecule has 1 fully saturated rings. The van der Waals surface area contributed by atoms with E-state index in [0.717, 1.165) is 0 Å². The Morgan fingerprint density at radius 2 is 2.19 bits per heavy atom. The molecule has 0 bridgehead atoms. The van der Waals surface area contributed by atoms with Crippen LogP contribution in [0.2, 0.25) is 0 Å². The van der Waals surface area contributed by atoms with Crippen LogP contribution >= 0.6 is 0 Å². The lowest BCUT2D eigenvalue weighted by atomic mass is 9.96. The van der Waals surface area contributed by atoms with Crippen LogP contribution in [0.5, 0.6) is 0 Å². The highest BCUT2D eigenvalue weighted by Crippen LogP contribution is 2.39. The zero-order valence-corrected chi connectivity index (χ0v) is 11.8. The molecule has 21 heavy (non-hydrogen) atoms. The normalized spacial score (nSPS) is 32.9. The van der Waals surface area contributed by atoms with Crippen LogP contribution in [0, 0.1) is 6.92 Å². The van der Waals surface area contributed by atoms with E-state index in [1.165, 1.54) is 6.92 Å². The van der Waals surface area contributed by atoms with Crippen molar-refractivity contribution in [2.24, 2.45) is 0 Å². The summed E-state index contributed by atoms with van der Waals surface area (Å²) < 4.78 is 7.18. The maximum absolute atomic E-state index is 10.5. The summed E-state index contributed by atoms with van der Waals surface area (Å²) in [5.74, 6) is 0.838. The van der Waals surface area contributed by atoms with Crippen LogP contribution < -0.4 is 5.73 Å². The molecule has 5 N–H and O–H groups in total. The van der Waals surface area contributed by atoms with Crippen LogP contribution in [-0.4, -0.2) is 54.3 Å².